The summed E-state index contributed by atoms with van der Waals surface area (Å²) in [5.74, 6) is -0.238. The van der Waals surface area contributed by atoms with E-state index in [-0.39, 0.29) is 18.5 Å². The number of benzene rings is 1. The molecule has 6 nitrogen and oxygen atoms in total. The second-order valence-electron chi connectivity index (χ2n) is 6.04. The monoisotopic (exact) mass is 337 g/mol. The molecule has 0 saturated carbocycles. The van der Waals surface area contributed by atoms with Crippen LogP contribution in [-0.4, -0.2) is 34.3 Å². The lowest BCUT2D eigenvalue weighted by Gasteiger charge is -2.26. The van der Waals surface area contributed by atoms with Gasteiger partial charge in [-0.15, -0.1) is 0 Å². The van der Waals surface area contributed by atoms with Crippen molar-refractivity contribution in [3.63, 3.8) is 0 Å². The summed E-state index contributed by atoms with van der Waals surface area (Å²) in [6, 6.07) is 12.5. The molecule has 0 aliphatic rings. The Kier molecular flexibility index (Phi) is 4.52. The fraction of sp³-hybridized carbons (Fsp3) is 0.211. The van der Waals surface area contributed by atoms with Gasteiger partial charge >= 0.3 is 0 Å². The number of primary amides is 1. The van der Waals surface area contributed by atoms with Crippen molar-refractivity contribution >= 4 is 22.7 Å². The Balaban J connectivity index is 2.16. The summed E-state index contributed by atoms with van der Waals surface area (Å²) in [6.45, 7) is 3.55. The normalized spacial score (nSPS) is 11.0. The van der Waals surface area contributed by atoms with E-state index in [1.165, 1.54) is 4.90 Å². The predicted octanol–water partition coefficient (Wildman–Crippen LogP) is 2.83. The Labute approximate surface area is 145 Å². The molecule has 0 bridgehead atoms. The number of carbonyl (C=O) groups excluding carboxylic acids is 2. The van der Waals surface area contributed by atoms with Crippen molar-refractivity contribution < 1.29 is 14.0 Å². The molecule has 1 aromatic carbocycles. The summed E-state index contributed by atoms with van der Waals surface area (Å²) < 4.78 is 5.41. The highest BCUT2D eigenvalue weighted by atomic mass is 16.3. The van der Waals surface area contributed by atoms with Crippen LogP contribution >= 0.6 is 0 Å². The Morgan fingerprint density at radius 3 is 2.60 bits per heavy atom. The van der Waals surface area contributed by atoms with Gasteiger partial charge in [0, 0.05) is 11.4 Å². The molecule has 0 atom stereocenters. The van der Waals surface area contributed by atoms with Crippen LogP contribution in [0.25, 0.3) is 22.4 Å². The van der Waals surface area contributed by atoms with Crippen molar-refractivity contribution in [2.75, 3.05) is 6.54 Å². The Morgan fingerprint density at radius 1 is 1.20 bits per heavy atom. The van der Waals surface area contributed by atoms with Crippen LogP contribution in [0.2, 0.25) is 0 Å². The van der Waals surface area contributed by atoms with Crippen LogP contribution in [0.15, 0.2) is 53.1 Å². The van der Waals surface area contributed by atoms with Crippen LogP contribution in [0.1, 0.15) is 24.2 Å². The maximum atomic E-state index is 13.1. The SMILES string of the molecule is CC(C)N(CC(N)=O)C(=O)c1cc(-c2ccco2)nc2ccccc12. The Hall–Kier alpha value is -3.15. The quantitative estimate of drug-likeness (QED) is 0.775. The van der Waals surface area contributed by atoms with Gasteiger partial charge in [-0.05, 0) is 38.1 Å². The van der Waals surface area contributed by atoms with Gasteiger partial charge in [-0.1, -0.05) is 18.2 Å². The predicted molar refractivity (Wildman–Crippen MR) is 94.8 cm³/mol. The second kappa shape index (κ2) is 6.76. The van der Waals surface area contributed by atoms with Gasteiger partial charge < -0.3 is 15.1 Å². The Bertz CT molecular complexity index is 917. The number of furan rings is 1. The molecule has 2 heterocycles. The molecule has 2 N–H and O–H groups in total. The number of amides is 2. The zero-order valence-electron chi connectivity index (χ0n) is 14.1. The molecule has 3 aromatic rings. The summed E-state index contributed by atoms with van der Waals surface area (Å²) in [5, 5.41) is 0.720. The van der Waals surface area contributed by atoms with Crippen molar-refractivity contribution in [3.05, 3.63) is 54.3 Å². The van der Waals surface area contributed by atoms with Gasteiger partial charge in [-0.2, -0.15) is 0 Å². The molecule has 0 spiro atoms. The van der Waals surface area contributed by atoms with E-state index in [1.807, 2.05) is 38.1 Å². The van der Waals surface area contributed by atoms with Gasteiger partial charge in [0.15, 0.2) is 5.76 Å². The molecule has 3 rings (SSSR count). The second-order valence-corrected chi connectivity index (χ2v) is 6.04. The van der Waals surface area contributed by atoms with Crippen LogP contribution < -0.4 is 5.73 Å². The molecule has 25 heavy (non-hydrogen) atoms. The van der Waals surface area contributed by atoms with Crippen LogP contribution in [0.5, 0.6) is 0 Å². The van der Waals surface area contributed by atoms with Crippen LogP contribution in [-0.2, 0) is 4.79 Å². The molecule has 128 valence electrons. The van der Waals surface area contributed by atoms with E-state index < -0.39 is 5.91 Å². The van der Waals surface area contributed by atoms with E-state index in [4.69, 9.17) is 10.2 Å². The van der Waals surface area contributed by atoms with E-state index in [2.05, 4.69) is 4.98 Å². The smallest absolute Gasteiger partial charge is 0.255 e. The number of hydrogen-bond donors (Lipinski definition) is 1. The molecule has 0 unspecified atom stereocenters. The molecule has 2 aromatic heterocycles. The third-order valence-electron chi connectivity index (χ3n) is 3.93. The molecule has 0 aliphatic carbocycles. The average molecular weight is 337 g/mol. The first kappa shape index (κ1) is 16.7. The Morgan fingerprint density at radius 2 is 1.96 bits per heavy atom. The van der Waals surface area contributed by atoms with E-state index in [0.717, 1.165) is 5.39 Å². The number of hydrogen-bond acceptors (Lipinski definition) is 4. The largest absolute Gasteiger partial charge is 0.463 e. The highest BCUT2D eigenvalue weighted by molar-refractivity contribution is 6.08. The summed E-state index contributed by atoms with van der Waals surface area (Å²) in [4.78, 5) is 30.5. The summed E-state index contributed by atoms with van der Waals surface area (Å²) in [6.07, 6.45) is 1.56. The zero-order chi connectivity index (χ0) is 18.0. The minimum absolute atomic E-state index is 0.136. The average Bonchev–Trinajstić information content (AvgIpc) is 3.12. The number of aromatic nitrogens is 1. The van der Waals surface area contributed by atoms with E-state index in [1.54, 1.807) is 24.5 Å². The molecular formula is C19H19N3O3. The number of rotatable bonds is 5. The first-order valence-corrected chi connectivity index (χ1v) is 8.00. The molecule has 0 saturated heterocycles. The molecule has 0 aliphatic heterocycles. The lowest BCUT2D eigenvalue weighted by Crippen LogP contribution is -2.42. The number of para-hydroxylation sites is 1. The van der Waals surface area contributed by atoms with Crippen molar-refractivity contribution in [1.29, 1.82) is 0 Å². The van der Waals surface area contributed by atoms with Crippen LogP contribution in [0.4, 0.5) is 0 Å². The molecule has 0 fully saturated rings. The number of nitrogens with two attached hydrogens (primary N) is 1. The van der Waals surface area contributed by atoms with E-state index in [0.29, 0.717) is 22.5 Å². The number of nitrogens with zero attached hydrogens (tertiary/aromatic N) is 2. The first-order valence-electron chi connectivity index (χ1n) is 8.00. The topological polar surface area (TPSA) is 89.4 Å². The van der Waals surface area contributed by atoms with Gasteiger partial charge in [-0.3, -0.25) is 9.59 Å². The fourth-order valence-electron chi connectivity index (χ4n) is 2.71. The van der Waals surface area contributed by atoms with Gasteiger partial charge in [0.25, 0.3) is 5.91 Å². The van der Waals surface area contributed by atoms with Crippen molar-refractivity contribution in [1.82, 2.24) is 9.88 Å². The highest BCUT2D eigenvalue weighted by Gasteiger charge is 2.23. The van der Waals surface area contributed by atoms with Crippen LogP contribution in [0, 0.1) is 0 Å². The minimum Gasteiger partial charge on any atom is -0.463 e. The minimum atomic E-state index is -0.549. The van der Waals surface area contributed by atoms with E-state index in [9.17, 15) is 9.59 Å². The maximum absolute atomic E-state index is 13.1. The van der Waals surface area contributed by atoms with Crippen LogP contribution in [0.3, 0.4) is 0 Å². The lowest BCUT2D eigenvalue weighted by molar-refractivity contribution is -0.119. The summed E-state index contributed by atoms with van der Waals surface area (Å²) in [7, 11) is 0. The number of pyridine rings is 1. The molecule has 6 heteroatoms. The van der Waals surface area contributed by atoms with Gasteiger partial charge in [0.2, 0.25) is 5.91 Å². The third kappa shape index (κ3) is 3.38. The van der Waals surface area contributed by atoms with Crippen molar-refractivity contribution in [2.45, 2.75) is 19.9 Å². The fourth-order valence-corrected chi connectivity index (χ4v) is 2.71. The molecular weight excluding hydrogens is 318 g/mol. The summed E-state index contributed by atoms with van der Waals surface area (Å²) in [5.41, 5.74) is 7.02. The number of fused-ring (bicyclic) bond motifs is 1. The van der Waals surface area contributed by atoms with Crippen molar-refractivity contribution in [3.8, 4) is 11.5 Å². The third-order valence-corrected chi connectivity index (χ3v) is 3.93. The van der Waals surface area contributed by atoms with Crippen molar-refractivity contribution in [2.24, 2.45) is 5.73 Å². The van der Waals surface area contributed by atoms with Gasteiger partial charge in [-0.25, -0.2) is 4.98 Å². The maximum Gasteiger partial charge on any atom is 0.255 e. The highest BCUT2D eigenvalue weighted by Crippen LogP contribution is 2.26. The lowest BCUT2D eigenvalue weighted by atomic mass is 10.0. The first-order chi connectivity index (χ1) is 12.0. The molecule has 0 radical (unpaired) electrons. The van der Waals surface area contributed by atoms with Gasteiger partial charge in [0.05, 0.1) is 23.9 Å². The standard InChI is InChI=1S/C19H19N3O3/c1-12(2)22(11-18(20)23)19(24)14-10-16(17-8-5-9-25-17)21-15-7-4-3-6-13(14)15/h3-10,12H,11H2,1-2H3,(H2,20,23). The van der Waals surface area contributed by atoms with E-state index >= 15 is 0 Å². The van der Waals surface area contributed by atoms with Gasteiger partial charge in [0.1, 0.15) is 5.69 Å². The summed E-state index contributed by atoms with van der Waals surface area (Å²) >= 11 is 0. The number of carbonyl (C=O) groups is 2. The zero-order valence-corrected chi connectivity index (χ0v) is 14.1. The molecule has 2 amide bonds.